The molecule has 3 aliphatic rings. The highest BCUT2D eigenvalue weighted by Gasteiger charge is 2.49. The molecule has 0 bridgehead atoms. The molecule has 24 heavy (non-hydrogen) atoms. The normalized spacial score (nSPS) is 39.3. The molecule has 3 fully saturated rings. The molecule has 2 heterocycles. The first kappa shape index (κ1) is 17.5. The Bertz CT molecular complexity index is 516. The van der Waals surface area contributed by atoms with Gasteiger partial charge in [0.1, 0.15) is 12.1 Å². The highest BCUT2D eigenvalue weighted by molar-refractivity contribution is 5.74. The van der Waals surface area contributed by atoms with E-state index < -0.39 is 42.9 Å². The van der Waals surface area contributed by atoms with E-state index in [-0.39, 0.29) is 11.8 Å². The first-order valence-electron chi connectivity index (χ1n) is 8.56. The molecule has 3 unspecified atom stereocenters. The van der Waals surface area contributed by atoms with E-state index in [1.807, 2.05) is 0 Å². The van der Waals surface area contributed by atoms with Gasteiger partial charge in [0.15, 0.2) is 0 Å². The maximum atomic E-state index is 13.6. The van der Waals surface area contributed by atoms with Crippen LogP contribution in [-0.2, 0) is 9.59 Å². The van der Waals surface area contributed by atoms with Gasteiger partial charge < -0.3 is 15.5 Å². The standard InChI is InChI=1S/C16H24F2N2O4/c17-16(18)5-13(15(23)24)20(8-16)7-9-1-2-10-6-19-12(14(21)22)4-11(10)3-9/h9-13,19H,1-8H2,(H,21,22)(H,23,24)/t9?,10?,11?,12-,13-/m0/s1. The third kappa shape index (κ3) is 3.69. The molecule has 0 aromatic heterocycles. The summed E-state index contributed by atoms with van der Waals surface area (Å²) in [6.45, 7) is 0.558. The number of hydrogen-bond donors (Lipinski definition) is 3. The van der Waals surface area contributed by atoms with Crippen LogP contribution in [-0.4, -0.2) is 64.7 Å². The van der Waals surface area contributed by atoms with Crippen LogP contribution in [0.15, 0.2) is 0 Å². The van der Waals surface area contributed by atoms with Crippen molar-refractivity contribution in [3.05, 3.63) is 0 Å². The van der Waals surface area contributed by atoms with Crippen molar-refractivity contribution in [1.82, 2.24) is 10.2 Å². The van der Waals surface area contributed by atoms with Crippen molar-refractivity contribution >= 4 is 11.9 Å². The van der Waals surface area contributed by atoms with Crippen LogP contribution in [0.25, 0.3) is 0 Å². The van der Waals surface area contributed by atoms with Gasteiger partial charge in [0, 0.05) is 13.0 Å². The lowest BCUT2D eigenvalue weighted by Crippen LogP contribution is -2.50. The number of rotatable bonds is 4. The molecule has 3 rings (SSSR count). The van der Waals surface area contributed by atoms with Crippen molar-refractivity contribution in [1.29, 1.82) is 0 Å². The fourth-order valence-corrected chi connectivity index (χ4v) is 4.67. The maximum absolute atomic E-state index is 13.6. The summed E-state index contributed by atoms with van der Waals surface area (Å²) in [5.74, 6) is -4.10. The van der Waals surface area contributed by atoms with Crippen molar-refractivity contribution in [3.63, 3.8) is 0 Å². The van der Waals surface area contributed by atoms with Crippen LogP contribution in [0.2, 0.25) is 0 Å². The second-order valence-electron chi connectivity index (χ2n) is 7.58. The first-order valence-corrected chi connectivity index (χ1v) is 8.56. The fourth-order valence-electron chi connectivity index (χ4n) is 4.67. The number of piperidine rings is 1. The lowest BCUT2D eigenvalue weighted by Gasteiger charge is -2.42. The summed E-state index contributed by atoms with van der Waals surface area (Å²) in [5, 5.41) is 21.4. The Hall–Kier alpha value is -1.28. The number of likely N-dealkylation sites (tertiary alicyclic amines) is 1. The Kier molecular flexibility index (Phi) is 4.79. The zero-order valence-corrected chi connectivity index (χ0v) is 13.5. The van der Waals surface area contributed by atoms with Gasteiger partial charge in [-0.05, 0) is 50.0 Å². The third-order valence-electron chi connectivity index (χ3n) is 5.86. The van der Waals surface area contributed by atoms with Crippen molar-refractivity contribution in [2.75, 3.05) is 19.6 Å². The summed E-state index contributed by atoms with van der Waals surface area (Å²) in [7, 11) is 0. The number of halogens is 2. The monoisotopic (exact) mass is 346 g/mol. The number of aliphatic carboxylic acids is 2. The fraction of sp³-hybridized carbons (Fsp3) is 0.875. The SMILES string of the molecule is O=C(O)[C@@H]1CC2CC(CN3CC(F)(F)C[C@H]3C(=O)O)CCC2CN1. The van der Waals surface area contributed by atoms with Gasteiger partial charge in [-0.15, -0.1) is 0 Å². The van der Waals surface area contributed by atoms with E-state index in [4.69, 9.17) is 5.11 Å². The van der Waals surface area contributed by atoms with Crippen LogP contribution in [0, 0.1) is 17.8 Å². The van der Waals surface area contributed by atoms with Gasteiger partial charge >= 0.3 is 11.9 Å². The summed E-state index contributed by atoms with van der Waals surface area (Å²) in [6.07, 6.45) is 2.57. The third-order valence-corrected chi connectivity index (χ3v) is 5.86. The number of fused-ring (bicyclic) bond motifs is 1. The molecular weight excluding hydrogens is 322 g/mol. The van der Waals surface area contributed by atoms with Gasteiger partial charge in [-0.2, -0.15) is 0 Å². The van der Waals surface area contributed by atoms with E-state index in [2.05, 4.69) is 5.32 Å². The predicted octanol–water partition coefficient (Wildman–Crippen LogP) is 1.26. The van der Waals surface area contributed by atoms with Crippen LogP contribution in [0.5, 0.6) is 0 Å². The Morgan fingerprint density at radius 1 is 1.12 bits per heavy atom. The number of carboxylic acid groups (broad SMARTS) is 2. The molecule has 0 aromatic carbocycles. The number of carboxylic acids is 2. The molecule has 0 spiro atoms. The molecule has 5 atom stereocenters. The number of alkyl halides is 2. The maximum Gasteiger partial charge on any atom is 0.321 e. The van der Waals surface area contributed by atoms with E-state index >= 15 is 0 Å². The lowest BCUT2D eigenvalue weighted by molar-refractivity contribution is -0.143. The number of nitrogens with one attached hydrogen (secondary N) is 1. The molecule has 2 aliphatic heterocycles. The summed E-state index contributed by atoms with van der Waals surface area (Å²) in [4.78, 5) is 23.8. The van der Waals surface area contributed by atoms with E-state index in [0.29, 0.717) is 25.4 Å². The number of nitrogens with zero attached hydrogens (tertiary/aromatic N) is 1. The molecule has 0 aromatic rings. The highest BCUT2D eigenvalue weighted by atomic mass is 19.3. The zero-order chi connectivity index (χ0) is 17.5. The van der Waals surface area contributed by atoms with Gasteiger partial charge in [0.05, 0.1) is 6.54 Å². The second-order valence-corrected chi connectivity index (χ2v) is 7.58. The van der Waals surface area contributed by atoms with E-state index in [0.717, 1.165) is 19.3 Å². The number of hydrogen-bond acceptors (Lipinski definition) is 4. The second kappa shape index (κ2) is 6.55. The quantitative estimate of drug-likeness (QED) is 0.710. The Morgan fingerprint density at radius 3 is 2.54 bits per heavy atom. The van der Waals surface area contributed by atoms with E-state index in [1.54, 1.807) is 0 Å². The van der Waals surface area contributed by atoms with Gasteiger partial charge in [-0.25, -0.2) is 8.78 Å². The molecular formula is C16H24F2N2O4. The predicted molar refractivity (Wildman–Crippen MR) is 80.9 cm³/mol. The first-order chi connectivity index (χ1) is 11.2. The van der Waals surface area contributed by atoms with Gasteiger partial charge in [-0.3, -0.25) is 14.5 Å². The van der Waals surface area contributed by atoms with Crippen LogP contribution >= 0.6 is 0 Å². The smallest absolute Gasteiger partial charge is 0.321 e. The molecule has 0 amide bonds. The topological polar surface area (TPSA) is 89.9 Å². The molecule has 0 radical (unpaired) electrons. The minimum atomic E-state index is -2.94. The van der Waals surface area contributed by atoms with Crippen LogP contribution in [0.1, 0.15) is 32.1 Å². The van der Waals surface area contributed by atoms with Crippen LogP contribution in [0.3, 0.4) is 0 Å². The molecule has 3 N–H and O–H groups in total. The van der Waals surface area contributed by atoms with Gasteiger partial charge in [0.25, 0.3) is 5.92 Å². The summed E-state index contributed by atoms with van der Waals surface area (Å²) >= 11 is 0. The van der Waals surface area contributed by atoms with Crippen LogP contribution < -0.4 is 5.32 Å². The largest absolute Gasteiger partial charge is 0.480 e. The molecule has 6 nitrogen and oxygen atoms in total. The minimum absolute atomic E-state index is 0.162. The Morgan fingerprint density at radius 2 is 1.88 bits per heavy atom. The van der Waals surface area contributed by atoms with Crippen molar-refractivity contribution < 1.29 is 28.6 Å². The molecule has 1 aliphatic carbocycles. The van der Waals surface area contributed by atoms with Gasteiger partial charge in [-0.1, -0.05) is 0 Å². The minimum Gasteiger partial charge on any atom is -0.480 e. The van der Waals surface area contributed by atoms with Crippen molar-refractivity contribution in [2.24, 2.45) is 17.8 Å². The molecule has 136 valence electrons. The summed E-state index contributed by atoms with van der Waals surface area (Å²) < 4.78 is 27.2. The molecule has 1 saturated carbocycles. The zero-order valence-electron chi connectivity index (χ0n) is 13.5. The molecule has 2 saturated heterocycles. The van der Waals surface area contributed by atoms with Crippen LogP contribution in [0.4, 0.5) is 8.78 Å². The Labute approximate surface area is 139 Å². The van der Waals surface area contributed by atoms with Gasteiger partial charge in [0.2, 0.25) is 0 Å². The van der Waals surface area contributed by atoms with Crippen molar-refractivity contribution in [2.45, 2.75) is 50.1 Å². The number of carbonyl (C=O) groups is 2. The average Bonchev–Trinajstić information content (AvgIpc) is 2.81. The Balaban J connectivity index is 1.60. The van der Waals surface area contributed by atoms with E-state index in [9.17, 15) is 23.5 Å². The van der Waals surface area contributed by atoms with E-state index in [1.165, 1.54) is 4.90 Å². The lowest BCUT2D eigenvalue weighted by atomic mass is 9.69. The summed E-state index contributed by atoms with van der Waals surface area (Å²) in [6, 6.07) is -1.65. The average molecular weight is 346 g/mol. The summed E-state index contributed by atoms with van der Waals surface area (Å²) in [5.41, 5.74) is 0. The van der Waals surface area contributed by atoms with Crippen molar-refractivity contribution in [3.8, 4) is 0 Å². The highest BCUT2D eigenvalue weighted by Crippen LogP contribution is 2.40. The molecule has 8 heteroatoms.